The van der Waals surface area contributed by atoms with Crippen LogP contribution < -0.4 is 15.4 Å². The molecule has 1 atom stereocenters. The van der Waals surface area contributed by atoms with Crippen molar-refractivity contribution < 1.29 is 9.53 Å². The first kappa shape index (κ1) is 22.7. The molecule has 3 rings (SSSR count). The SMILES string of the molecule is CCCCc1ccc2nc(NC(=S)NC(=O)C(C)Oc3ccc(Cl)cc3Cl)sc2c1. The van der Waals surface area contributed by atoms with Crippen LogP contribution in [-0.2, 0) is 11.2 Å². The average Bonchev–Trinajstić information content (AvgIpc) is 3.09. The molecule has 1 aromatic heterocycles. The number of anilines is 1. The van der Waals surface area contributed by atoms with Crippen molar-refractivity contribution in [3.63, 3.8) is 0 Å². The minimum absolute atomic E-state index is 0.155. The number of benzene rings is 2. The number of ether oxygens (including phenoxy) is 1. The highest BCUT2D eigenvalue weighted by Crippen LogP contribution is 2.29. The molecule has 0 bridgehead atoms. The second kappa shape index (κ2) is 10.4. The van der Waals surface area contributed by atoms with Gasteiger partial charge in [0.15, 0.2) is 16.3 Å². The van der Waals surface area contributed by atoms with Gasteiger partial charge in [0.05, 0.1) is 15.2 Å². The lowest BCUT2D eigenvalue weighted by molar-refractivity contribution is -0.125. The summed E-state index contributed by atoms with van der Waals surface area (Å²) in [5.41, 5.74) is 2.19. The minimum atomic E-state index is -0.806. The highest BCUT2D eigenvalue weighted by molar-refractivity contribution is 7.80. The predicted molar refractivity (Wildman–Crippen MR) is 129 cm³/mol. The smallest absolute Gasteiger partial charge is 0.266 e. The zero-order valence-corrected chi connectivity index (χ0v) is 19.6. The summed E-state index contributed by atoms with van der Waals surface area (Å²) in [7, 11) is 0. The largest absolute Gasteiger partial charge is 0.479 e. The molecule has 0 spiro atoms. The van der Waals surface area contributed by atoms with Crippen LogP contribution >= 0.6 is 46.8 Å². The van der Waals surface area contributed by atoms with E-state index in [1.165, 1.54) is 16.9 Å². The fourth-order valence-electron chi connectivity index (χ4n) is 2.72. The number of thiazole rings is 1. The molecule has 0 aliphatic carbocycles. The van der Waals surface area contributed by atoms with Crippen LogP contribution in [0.15, 0.2) is 36.4 Å². The minimum Gasteiger partial charge on any atom is -0.479 e. The first-order chi connectivity index (χ1) is 14.4. The van der Waals surface area contributed by atoms with Gasteiger partial charge in [-0.1, -0.05) is 53.9 Å². The third-order valence-electron chi connectivity index (χ3n) is 4.30. The Morgan fingerprint density at radius 1 is 1.27 bits per heavy atom. The summed E-state index contributed by atoms with van der Waals surface area (Å²) < 4.78 is 6.68. The molecule has 1 heterocycles. The van der Waals surface area contributed by atoms with E-state index in [0.29, 0.717) is 20.9 Å². The number of nitrogens with zero attached hydrogens (tertiary/aromatic N) is 1. The van der Waals surface area contributed by atoms with Crippen molar-refractivity contribution in [2.75, 3.05) is 5.32 Å². The van der Waals surface area contributed by atoms with Crippen LogP contribution in [0.3, 0.4) is 0 Å². The standard InChI is InChI=1S/C21H21Cl2N3O2S2/c1-3-4-5-13-6-8-16-18(10-13)30-21(24-16)26-20(29)25-19(27)12(2)28-17-9-7-14(22)11-15(17)23/h6-12H,3-5H2,1-2H3,(H2,24,25,26,27,29). The number of thiocarbonyl (C=S) groups is 1. The maximum Gasteiger partial charge on any atom is 0.266 e. The van der Waals surface area contributed by atoms with Gasteiger partial charge in [-0.25, -0.2) is 4.98 Å². The zero-order valence-electron chi connectivity index (χ0n) is 16.5. The Labute approximate surface area is 194 Å². The van der Waals surface area contributed by atoms with Crippen LogP contribution in [0.4, 0.5) is 5.13 Å². The van der Waals surface area contributed by atoms with Crippen LogP contribution in [0.1, 0.15) is 32.3 Å². The van der Waals surface area contributed by atoms with Gasteiger partial charge in [0.25, 0.3) is 5.91 Å². The molecular weight excluding hydrogens is 461 g/mol. The number of fused-ring (bicyclic) bond motifs is 1. The van der Waals surface area contributed by atoms with E-state index in [1.807, 2.05) is 6.07 Å². The van der Waals surface area contributed by atoms with Gasteiger partial charge in [-0.3, -0.25) is 10.1 Å². The first-order valence-corrected chi connectivity index (χ1v) is 11.5. The molecule has 158 valence electrons. The van der Waals surface area contributed by atoms with Crippen molar-refractivity contribution in [1.82, 2.24) is 10.3 Å². The molecule has 0 radical (unpaired) electrons. The van der Waals surface area contributed by atoms with Gasteiger partial charge >= 0.3 is 0 Å². The molecule has 0 saturated carbocycles. The molecule has 0 aliphatic heterocycles. The lowest BCUT2D eigenvalue weighted by Crippen LogP contribution is -2.42. The summed E-state index contributed by atoms with van der Waals surface area (Å²) in [6, 6.07) is 11.1. The summed E-state index contributed by atoms with van der Waals surface area (Å²) >= 11 is 18.7. The highest BCUT2D eigenvalue weighted by atomic mass is 35.5. The van der Waals surface area contributed by atoms with Crippen LogP contribution in [-0.4, -0.2) is 22.1 Å². The Bertz CT molecular complexity index is 1070. The number of halogens is 2. The molecule has 2 aromatic carbocycles. The summed E-state index contributed by atoms with van der Waals surface area (Å²) in [5, 5.41) is 7.18. The second-order valence-corrected chi connectivity index (χ2v) is 8.99. The summed E-state index contributed by atoms with van der Waals surface area (Å²) in [6.45, 7) is 3.79. The number of carbonyl (C=O) groups is 1. The Morgan fingerprint density at radius 3 is 2.80 bits per heavy atom. The van der Waals surface area contributed by atoms with Gasteiger partial charge < -0.3 is 10.1 Å². The van der Waals surface area contributed by atoms with E-state index < -0.39 is 12.0 Å². The number of unbranched alkanes of at least 4 members (excludes halogenated alkanes) is 1. The quantitative estimate of drug-likeness (QED) is 0.391. The molecule has 1 unspecified atom stereocenters. The summed E-state index contributed by atoms with van der Waals surface area (Å²) in [5.74, 6) is -0.0332. The topological polar surface area (TPSA) is 63.2 Å². The monoisotopic (exact) mass is 481 g/mol. The van der Waals surface area contributed by atoms with Gasteiger partial charge in [0.1, 0.15) is 5.75 Å². The van der Waals surface area contributed by atoms with Gasteiger partial charge in [-0.2, -0.15) is 0 Å². The molecule has 0 aliphatic rings. The molecular formula is C21H21Cl2N3O2S2. The first-order valence-electron chi connectivity index (χ1n) is 9.48. The van der Waals surface area contributed by atoms with Crippen molar-refractivity contribution in [1.29, 1.82) is 0 Å². The van der Waals surface area contributed by atoms with Crippen molar-refractivity contribution in [3.8, 4) is 5.75 Å². The Kier molecular flexibility index (Phi) is 7.88. The fraction of sp³-hybridized carbons (Fsp3) is 0.286. The van der Waals surface area contributed by atoms with Crippen molar-refractivity contribution in [2.45, 2.75) is 39.2 Å². The van der Waals surface area contributed by atoms with E-state index in [-0.39, 0.29) is 5.11 Å². The molecule has 30 heavy (non-hydrogen) atoms. The highest BCUT2D eigenvalue weighted by Gasteiger charge is 2.18. The third kappa shape index (κ3) is 6.04. The van der Waals surface area contributed by atoms with Gasteiger partial charge in [-0.05, 0) is 67.9 Å². The van der Waals surface area contributed by atoms with Gasteiger partial charge in [0, 0.05) is 5.02 Å². The number of aryl methyl sites for hydroxylation is 1. The predicted octanol–water partition coefficient (Wildman–Crippen LogP) is 6.23. The number of carbonyl (C=O) groups excluding carboxylic acids is 1. The van der Waals surface area contributed by atoms with Gasteiger partial charge in [0.2, 0.25) is 0 Å². The zero-order chi connectivity index (χ0) is 21.7. The fourth-order valence-corrected chi connectivity index (χ4v) is 4.36. The second-order valence-electron chi connectivity index (χ2n) is 6.70. The van der Waals surface area contributed by atoms with Crippen molar-refractivity contribution in [2.24, 2.45) is 0 Å². The maximum atomic E-state index is 12.4. The van der Waals surface area contributed by atoms with E-state index in [1.54, 1.807) is 25.1 Å². The van der Waals surface area contributed by atoms with Crippen LogP contribution in [0.25, 0.3) is 10.2 Å². The summed E-state index contributed by atoms with van der Waals surface area (Å²) in [4.78, 5) is 16.9. The van der Waals surface area contributed by atoms with Crippen LogP contribution in [0.2, 0.25) is 10.0 Å². The summed E-state index contributed by atoms with van der Waals surface area (Å²) in [6.07, 6.45) is 2.57. The molecule has 0 fully saturated rings. The van der Waals surface area contributed by atoms with E-state index in [0.717, 1.165) is 29.5 Å². The number of hydrogen-bond donors (Lipinski definition) is 2. The van der Waals surface area contributed by atoms with E-state index >= 15 is 0 Å². The number of aromatic nitrogens is 1. The normalized spacial score (nSPS) is 11.9. The van der Waals surface area contributed by atoms with Gasteiger partial charge in [-0.15, -0.1) is 0 Å². The number of hydrogen-bond acceptors (Lipinski definition) is 5. The third-order valence-corrected chi connectivity index (χ3v) is 5.96. The lowest BCUT2D eigenvalue weighted by atomic mass is 10.1. The molecule has 0 saturated heterocycles. The van der Waals surface area contributed by atoms with E-state index in [2.05, 4.69) is 34.7 Å². The Hall–Kier alpha value is -1.93. The number of nitrogens with one attached hydrogen (secondary N) is 2. The van der Waals surface area contributed by atoms with Crippen molar-refractivity contribution >= 4 is 73.1 Å². The molecule has 5 nitrogen and oxygen atoms in total. The lowest BCUT2D eigenvalue weighted by Gasteiger charge is -2.16. The van der Waals surface area contributed by atoms with E-state index in [4.69, 9.17) is 40.2 Å². The molecule has 9 heteroatoms. The molecule has 2 N–H and O–H groups in total. The van der Waals surface area contributed by atoms with E-state index in [9.17, 15) is 4.79 Å². The average molecular weight is 482 g/mol. The number of rotatable bonds is 7. The Balaban J connectivity index is 1.58. The molecule has 3 aromatic rings. The van der Waals surface area contributed by atoms with Crippen molar-refractivity contribution in [3.05, 3.63) is 52.0 Å². The molecule has 1 amide bonds. The van der Waals surface area contributed by atoms with Crippen LogP contribution in [0, 0.1) is 0 Å². The maximum absolute atomic E-state index is 12.4. The number of amides is 1. The van der Waals surface area contributed by atoms with Crippen LogP contribution in [0.5, 0.6) is 5.75 Å². The Morgan fingerprint density at radius 2 is 2.07 bits per heavy atom.